The van der Waals surface area contributed by atoms with Gasteiger partial charge in [0.05, 0.1) is 10.6 Å². The van der Waals surface area contributed by atoms with Crippen LogP contribution in [0.1, 0.15) is 36.0 Å². The predicted octanol–water partition coefficient (Wildman–Crippen LogP) is 2.14. The van der Waals surface area contributed by atoms with Crippen LogP contribution in [-0.4, -0.2) is 77.3 Å². The van der Waals surface area contributed by atoms with Crippen LogP contribution >= 0.6 is 11.6 Å². The number of piperidine rings is 3. The van der Waals surface area contributed by atoms with E-state index >= 15 is 0 Å². The molecule has 27 heavy (non-hydrogen) atoms. The minimum Gasteiger partial charge on any atom is -0.338 e. The standard InChI is InChI=1S/C20H27ClN4O2/c1-23(2)12-18-14-8-13(17-4-3-5-19(26)25(17)18)10-24(11-14)20(27)15-6-7-22-9-16(15)21/h6-7,9,13-14,17-18H,3-5,8,10-12H2,1-2H3/t13-,14+,17+,18+/m1/s1. The van der Waals surface area contributed by atoms with Crippen molar-refractivity contribution in [1.29, 1.82) is 0 Å². The molecular weight excluding hydrogens is 364 g/mol. The van der Waals surface area contributed by atoms with Gasteiger partial charge in [0.15, 0.2) is 0 Å². The Morgan fingerprint density at radius 3 is 2.85 bits per heavy atom. The van der Waals surface area contributed by atoms with Crippen LogP contribution in [0.25, 0.3) is 0 Å². The van der Waals surface area contributed by atoms with Crippen LogP contribution in [0.5, 0.6) is 0 Å². The summed E-state index contributed by atoms with van der Waals surface area (Å²) in [6.45, 7) is 2.23. The van der Waals surface area contributed by atoms with Gasteiger partial charge in [-0.2, -0.15) is 0 Å². The lowest BCUT2D eigenvalue weighted by atomic mass is 9.72. The predicted molar refractivity (Wildman–Crippen MR) is 104 cm³/mol. The van der Waals surface area contributed by atoms with Crippen molar-refractivity contribution in [2.75, 3.05) is 33.7 Å². The molecule has 0 N–H and O–H groups in total. The zero-order valence-electron chi connectivity index (χ0n) is 16.0. The normalized spacial score (nSPS) is 30.4. The Morgan fingerprint density at radius 1 is 1.33 bits per heavy atom. The lowest BCUT2D eigenvalue weighted by Gasteiger charge is -2.57. The molecule has 0 spiro atoms. The van der Waals surface area contributed by atoms with Gasteiger partial charge in [-0.25, -0.2) is 0 Å². The summed E-state index contributed by atoms with van der Waals surface area (Å²) in [5.41, 5.74) is 0.521. The van der Waals surface area contributed by atoms with Gasteiger partial charge >= 0.3 is 0 Å². The zero-order valence-corrected chi connectivity index (χ0v) is 16.7. The minimum absolute atomic E-state index is 0.0173. The largest absolute Gasteiger partial charge is 0.338 e. The van der Waals surface area contributed by atoms with E-state index in [4.69, 9.17) is 11.6 Å². The second-order valence-corrected chi connectivity index (χ2v) is 8.82. The van der Waals surface area contributed by atoms with Crippen LogP contribution in [0, 0.1) is 11.8 Å². The molecule has 1 aromatic rings. The summed E-state index contributed by atoms with van der Waals surface area (Å²) in [6, 6.07) is 2.14. The Labute approximate surface area is 165 Å². The molecule has 0 saturated carbocycles. The van der Waals surface area contributed by atoms with E-state index < -0.39 is 0 Å². The molecule has 7 heteroatoms. The molecule has 3 aliphatic rings. The molecule has 2 amide bonds. The lowest BCUT2D eigenvalue weighted by Crippen LogP contribution is -2.67. The maximum atomic E-state index is 13.1. The van der Waals surface area contributed by atoms with E-state index in [1.54, 1.807) is 12.3 Å². The first-order chi connectivity index (χ1) is 13.0. The SMILES string of the molecule is CN(C)C[C@H]1[C@H]2C[C@H](CN(C(=O)c3ccncc3Cl)C2)[C@@H]2CCCC(=O)N21. The summed E-state index contributed by atoms with van der Waals surface area (Å²) in [5, 5.41) is 0.401. The third-order valence-electron chi connectivity index (χ3n) is 6.34. The highest BCUT2D eigenvalue weighted by Crippen LogP contribution is 2.42. The molecule has 0 radical (unpaired) electrons. The third kappa shape index (κ3) is 3.45. The van der Waals surface area contributed by atoms with Crippen molar-refractivity contribution in [1.82, 2.24) is 19.7 Å². The van der Waals surface area contributed by atoms with Crippen LogP contribution in [0.2, 0.25) is 5.02 Å². The molecule has 3 saturated heterocycles. The molecule has 4 heterocycles. The Hall–Kier alpha value is -1.66. The number of likely N-dealkylation sites (tertiary alicyclic amines) is 1. The zero-order chi connectivity index (χ0) is 19.1. The summed E-state index contributed by atoms with van der Waals surface area (Å²) in [4.78, 5) is 36.1. The van der Waals surface area contributed by atoms with E-state index in [2.05, 4.69) is 28.9 Å². The summed E-state index contributed by atoms with van der Waals surface area (Å²) >= 11 is 6.22. The molecular formula is C20H27ClN4O2. The number of rotatable bonds is 3. The van der Waals surface area contributed by atoms with Gasteiger partial charge < -0.3 is 14.7 Å². The monoisotopic (exact) mass is 390 g/mol. The molecule has 2 bridgehead atoms. The smallest absolute Gasteiger partial charge is 0.255 e. The van der Waals surface area contributed by atoms with Gasteiger partial charge in [-0.05, 0) is 51.3 Å². The van der Waals surface area contributed by atoms with Gasteiger partial charge in [0, 0.05) is 50.5 Å². The maximum Gasteiger partial charge on any atom is 0.255 e. The Bertz CT molecular complexity index is 740. The van der Waals surface area contributed by atoms with Crippen LogP contribution < -0.4 is 0 Å². The fourth-order valence-electron chi connectivity index (χ4n) is 5.27. The van der Waals surface area contributed by atoms with Gasteiger partial charge in [0.1, 0.15) is 0 Å². The van der Waals surface area contributed by atoms with E-state index in [1.165, 1.54) is 6.20 Å². The molecule has 146 valence electrons. The molecule has 3 fully saturated rings. The molecule has 6 nitrogen and oxygen atoms in total. The molecule has 4 rings (SSSR count). The van der Waals surface area contributed by atoms with Crippen molar-refractivity contribution in [2.24, 2.45) is 11.8 Å². The Kier molecular flexibility index (Phi) is 5.12. The fourth-order valence-corrected chi connectivity index (χ4v) is 5.47. The van der Waals surface area contributed by atoms with Gasteiger partial charge in [-0.15, -0.1) is 0 Å². The summed E-state index contributed by atoms with van der Waals surface area (Å²) in [6.07, 6.45) is 6.90. The number of nitrogens with zero attached hydrogens (tertiary/aromatic N) is 4. The number of halogens is 1. The van der Waals surface area contributed by atoms with E-state index in [-0.39, 0.29) is 18.0 Å². The maximum absolute atomic E-state index is 13.1. The van der Waals surface area contributed by atoms with Gasteiger partial charge in [0.25, 0.3) is 5.91 Å². The first-order valence-electron chi connectivity index (χ1n) is 9.80. The van der Waals surface area contributed by atoms with E-state index in [1.807, 2.05) is 4.90 Å². The Balaban J connectivity index is 1.62. The second kappa shape index (κ2) is 7.40. The quantitative estimate of drug-likeness (QED) is 0.793. The van der Waals surface area contributed by atoms with Crippen molar-refractivity contribution in [3.63, 3.8) is 0 Å². The van der Waals surface area contributed by atoms with Crippen LogP contribution in [0.15, 0.2) is 18.5 Å². The third-order valence-corrected chi connectivity index (χ3v) is 6.64. The number of amides is 2. The van der Waals surface area contributed by atoms with Crippen LogP contribution in [0.3, 0.4) is 0 Å². The number of hydrogen-bond donors (Lipinski definition) is 0. The van der Waals surface area contributed by atoms with Crippen molar-refractivity contribution in [3.8, 4) is 0 Å². The van der Waals surface area contributed by atoms with Crippen molar-refractivity contribution >= 4 is 23.4 Å². The van der Waals surface area contributed by atoms with Crippen LogP contribution in [0.4, 0.5) is 0 Å². The number of hydrogen-bond acceptors (Lipinski definition) is 4. The van der Waals surface area contributed by atoms with Gasteiger partial charge in [0.2, 0.25) is 5.91 Å². The van der Waals surface area contributed by atoms with Crippen molar-refractivity contribution in [3.05, 3.63) is 29.0 Å². The van der Waals surface area contributed by atoms with E-state index in [0.29, 0.717) is 47.8 Å². The van der Waals surface area contributed by atoms with E-state index in [9.17, 15) is 9.59 Å². The number of carbonyl (C=O) groups excluding carboxylic acids is 2. The average Bonchev–Trinajstić information content (AvgIpc) is 2.65. The van der Waals surface area contributed by atoms with Gasteiger partial charge in [-0.1, -0.05) is 11.6 Å². The summed E-state index contributed by atoms with van der Waals surface area (Å²) in [7, 11) is 4.11. The second-order valence-electron chi connectivity index (χ2n) is 8.41. The number of aromatic nitrogens is 1. The average molecular weight is 391 g/mol. The molecule has 0 unspecified atom stereocenters. The van der Waals surface area contributed by atoms with Crippen LogP contribution in [-0.2, 0) is 4.79 Å². The van der Waals surface area contributed by atoms with Gasteiger partial charge in [-0.3, -0.25) is 14.6 Å². The molecule has 3 aliphatic heterocycles. The fraction of sp³-hybridized carbons (Fsp3) is 0.650. The number of fused-ring (bicyclic) bond motifs is 4. The first-order valence-corrected chi connectivity index (χ1v) is 10.2. The summed E-state index contributed by atoms with van der Waals surface area (Å²) < 4.78 is 0. The lowest BCUT2D eigenvalue weighted by molar-refractivity contribution is -0.152. The molecule has 4 atom stereocenters. The molecule has 1 aromatic heterocycles. The highest BCUT2D eigenvalue weighted by atomic mass is 35.5. The topological polar surface area (TPSA) is 56.8 Å². The highest BCUT2D eigenvalue weighted by molar-refractivity contribution is 6.33. The van der Waals surface area contributed by atoms with E-state index in [0.717, 1.165) is 25.8 Å². The molecule has 0 aromatic carbocycles. The Morgan fingerprint density at radius 2 is 2.11 bits per heavy atom. The highest BCUT2D eigenvalue weighted by Gasteiger charge is 2.50. The number of likely N-dealkylation sites (N-methyl/N-ethyl adjacent to an activating group) is 1. The molecule has 0 aliphatic carbocycles. The van der Waals surface area contributed by atoms with Crippen molar-refractivity contribution in [2.45, 2.75) is 37.8 Å². The first kappa shape index (κ1) is 18.7. The number of pyridine rings is 1. The van der Waals surface area contributed by atoms with Crippen molar-refractivity contribution < 1.29 is 9.59 Å². The minimum atomic E-state index is -0.0173. The summed E-state index contributed by atoms with van der Waals surface area (Å²) in [5.74, 6) is 0.950. The number of carbonyl (C=O) groups is 2.